The van der Waals surface area contributed by atoms with Crippen LogP contribution in [0, 0.1) is 13.8 Å². The molecule has 0 atom stereocenters. The molecule has 0 aliphatic heterocycles. The van der Waals surface area contributed by atoms with E-state index in [1.54, 1.807) is 11.3 Å². The number of fused-ring (bicyclic) bond motifs is 2. The summed E-state index contributed by atoms with van der Waals surface area (Å²) < 4.78 is 0.972. The van der Waals surface area contributed by atoms with Gasteiger partial charge in [0, 0.05) is 16.1 Å². The topological polar surface area (TPSA) is 78.9 Å². The average molecular weight is 448 g/mol. The summed E-state index contributed by atoms with van der Waals surface area (Å²) in [6, 6.07) is 15.6. The van der Waals surface area contributed by atoms with Crippen molar-refractivity contribution in [2.24, 2.45) is 0 Å². The van der Waals surface area contributed by atoms with E-state index in [0.29, 0.717) is 5.02 Å². The first kappa shape index (κ1) is 19.7. The number of benzene rings is 3. The van der Waals surface area contributed by atoms with E-state index in [0.717, 1.165) is 59.9 Å². The summed E-state index contributed by atoms with van der Waals surface area (Å²) in [5, 5.41) is 11.0. The van der Waals surface area contributed by atoms with Crippen LogP contribution in [0.1, 0.15) is 17.0 Å². The third-order valence-corrected chi connectivity index (χ3v) is 6.71. The molecule has 5 rings (SSSR count). The van der Waals surface area contributed by atoms with E-state index in [9.17, 15) is 9.90 Å². The van der Waals surface area contributed by atoms with Gasteiger partial charge in [0.2, 0.25) is 0 Å². The molecule has 0 bridgehead atoms. The summed E-state index contributed by atoms with van der Waals surface area (Å²) in [6.45, 7) is 3.87. The third-order valence-electron chi connectivity index (χ3n) is 5.32. The van der Waals surface area contributed by atoms with Crippen LogP contribution in [-0.4, -0.2) is 26.0 Å². The summed E-state index contributed by atoms with van der Waals surface area (Å²) in [7, 11) is 0. The summed E-state index contributed by atoms with van der Waals surface area (Å²) in [5.74, 6) is 0.0119. The quantitative estimate of drug-likeness (QED) is 0.334. The van der Waals surface area contributed by atoms with Crippen molar-refractivity contribution in [3.8, 4) is 21.7 Å². The normalized spacial score (nSPS) is 11.5. The van der Waals surface area contributed by atoms with E-state index < -0.39 is 5.97 Å². The number of hydrogen-bond acceptors (Lipinski definition) is 4. The number of aromatic amines is 1. The Hall–Kier alpha value is -3.22. The minimum absolute atomic E-state index is 0.0493. The number of thiazole rings is 1. The maximum absolute atomic E-state index is 11.6. The zero-order valence-corrected chi connectivity index (χ0v) is 18.4. The Morgan fingerprint density at radius 1 is 1.03 bits per heavy atom. The van der Waals surface area contributed by atoms with Gasteiger partial charge in [0.05, 0.1) is 27.7 Å². The van der Waals surface area contributed by atoms with Crippen molar-refractivity contribution < 1.29 is 9.90 Å². The number of rotatable bonds is 4. The Bertz CT molecular complexity index is 1470. The Balaban J connectivity index is 1.75. The van der Waals surface area contributed by atoms with Gasteiger partial charge in [0.25, 0.3) is 0 Å². The van der Waals surface area contributed by atoms with E-state index in [1.807, 2.05) is 56.3 Å². The fourth-order valence-corrected chi connectivity index (χ4v) is 5.19. The van der Waals surface area contributed by atoms with E-state index >= 15 is 0 Å². The van der Waals surface area contributed by atoms with Gasteiger partial charge in [-0.3, -0.25) is 4.79 Å². The van der Waals surface area contributed by atoms with Crippen molar-refractivity contribution in [2.75, 3.05) is 0 Å². The van der Waals surface area contributed by atoms with E-state index in [-0.39, 0.29) is 6.42 Å². The number of H-pyrrole nitrogens is 1. The highest BCUT2D eigenvalue weighted by molar-refractivity contribution is 7.22. The van der Waals surface area contributed by atoms with Gasteiger partial charge >= 0.3 is 5.97 Å². The lowest BCUT2D eigenvalue weighted by Crippen LogP contribution is -2.04. The monoisotopic (exact) mass is 447 g/mol. The molecule has 0 fully saturated rings. The number of aryl methyl sites for hydroxylation is 2. The highest BCUT2D eigenvalue weighted by Gasteiger charge is 2.19. The minimum Gasteiger partial charge on any atom is -0.481 e. The van der Waals surface area contributed by atoms with E-state index in [2.05, 4.69) is 16.0 Å². The molecule has 2 heterocycles. The molecular formula is C24H18ClN3O2S. The molecule has 5 aromatic rings. The Morgan fingerprint density at radius 3 is 2.52 bits per heavy atom. The molecule has 0 aliphatic rings. The van der Waals surface area contributed by atoms with Crippen LogP contribution in [0.4, 0.5) is 0 Å². The molecule has 0 amide bonds. The molecule has 7 heteroatoms. The van der Waals surface area contributed by atoms with Gasteiger partial charge in [-0.05, 0) is 66.9 Å². The second-order valence-corrected chi connectivity index (χ2v) is 8.98. The number of nitrogens with zero attached hydrogens (tertiary/aromatic N) is 2. The molecule has 0 radical (unpaired) electrons. The molecule has 2 N–H and O–H groups in total. The van der Waals surface area contributed by atoms with Crippen molar-refractivity contribution >= 4 is 50.2 Å². The summed E-state index contributed by atoms with van der Waals surface area (Å²) in [6.07, 6.45) is -0.0493. The van der Waals surface area contributed by atoms with Gasteiger partial charge in [-0.2, -0.15) is 0 Å². The van der Waals surface area contributed by atoms with Crippen LogP contribution in [0.25, 0.3) is 42.9 Å². The molecule has 5 nitrogen and oxygen atoms in total. The number of imidazole rings is 1. The maximum atomic E-state index is 11.6. The maximum Gasteiger partial charge on any atom is 0.307 e. The number of carbonyl (C=O) groups is 1. The highest BCUT2D eigenvalue weighted by Crippen LogP contribution is 2.41. The van der Waals surface area contributed by atoms with Crippen molar-refractivity contribution in [1.29, 1.82) is 0 Å². The van der Waals surface area contributed by atoms with Gasteiger partial charge < -0.3 is 10.1 Å². The number of carboxylic acid groups (broad SMARTS) is 1. The lowest BCUT2D eigenvalue weighted by atomic mass is 9.93. The van der Waals surface area contributed by atoms with E-state index in [1.165, 1.54) is 0 Å². The molecule has 2 aromatic heterocycles. The first-order valence-electron chi connectivity index (χ1n) is 9.76. The van der Waals surface area contributed by atoms with Crippen molar-refractivity contribution in [3.63, 3.8) is 0 Å². The standard InChI is InChI=1S/C24H18ClN3O2S/c1-12-9-20-23(22(17(12)11-21(29)30)14-3-6-16(25)7-4-14)31-24(28-20)15-5-8-18-19(10-15)27-13(2)26-18/h3-10H,11H2,1-2H3,(H,26,27)(H,29,30). The fourth-order valence-electron chi connectivity index (χ4n) is 3.93. The van der Waals surface area contributed by atoms with Crippen molar-refractivity contribution in [3.05, 3.63) is 70.5 Å². The van der Waals surface area contributed by atoms with Crippen molar-refractivity contribution in [1.82, 2.24) is 15.0 Å². The predicted octanol–water partition coefficient (Wildman–Crippen LogP) is 6.40. The zero-order chi connectivity index (χ0) is 21.7. The highest BCUT2D eigenvalue weighted by atomic mass is 35.5. The predicted molar refractivity (Wildman–Crippen MR) is 126 cm³/mol. The molecule has 0 aliphatic carbocycles. The molecule has 0 saturated carbocycles. The summed E-state index contributed by atoms with van der Waals surface area (Å²) in [4.78, 5) is 24.2. The van der Waals surface area contributed by atoms with Crippen molar-refractivity contribution in [2.45, 2.75) is 20.3 Å². The molecule has 0 spiro atoms. The lowest BCUT2D eigenvalue weighted by Gasteiger charge is -2.13. The Morgan fingerprint density at radius 2 is 1.77 bits per heavy atom. The number of aromatic nitrogens is 3. The molecule has 0 saturated heterocycles. The largest absolute Gasteiger partial charge is 0.481 e. The lowest BCUT2D eigenvalue weighted by molar-refractivity contribution is -0.136. The molecule has 0 unspecified atom stereocenters. The van der Waals surface area contributed by atoms with Gasteiger partial charge in [0.1, 0.15) is 10.8 Å². The molecular weight excluding hydrogens is 430 g/mol. The first-order valence-corrected chi connectivity index (χ1v) is 11.0. The van der Waals surface area contributed by atoms with Crippen LogP contribution in [0.5, 0.6) is 0 Å². The molecule has 31 heavy (non-hydrogen) atoms. The molecule has 154 valence electrons. The fraction of sp³-hybridized carbons (Fsp3) is 0.125. The number of nitrogens with one attached hydrogen (secondary N) is 1. The second-order valence-electron chi connectivity index (χ2n) is 7.55. The van der Waals surface area contributed by atoms with Gasteiger partial charge in [-0.15, -0.1) is 11.3 Å². The van der Waals surface area contributed by atoms with Crippen LogP contribution in [0.2, 0.25) is 5.02 Å². The third kappa shape index (κ3) is 3.58. The first-order chi connectivity index (χ1) is 14.9. The smallest absolute Gasteiger partial charge is 0.307 e. The minimum atomic E-state index is -0.859. The van der Waals surface area contributed by atoms with Gasteiger partial charge in [-0.1, -0.05) is 23.7 Å². The van der Waals surface area contributed by atoms with Crippen LogP contribution in [0.3, 0.4) is 0 Å². The van der Waals surface area contributed by atoms with Crippen LogP contribution in [0.15, 0.2) is 48.5 Å². The molecule has 3 aromatic carbocycles. The second kappa shape index (κ2) is 7.48. The van der Waals surface area contributed by atoms with Crippen LogP contribution < -0.4 is 0 Å². The van der Waals surface area contributed by atoms with Crippen LogP contribution >= 0.6 is 22.9 Å². The SMILES string of the molecule is Cc1nc2ccc(-c3nc4cc(C)c(CC(=O)O)c(-c5ccc(Cl)cc5)c4s3)cc2[nH]1. The van der Waals surface area contributed by atoms with Crippen LogP contribution in [-0.2, 0) is 11.2 Å². The van der Waals surface area contributed by atoms with Gasteiger partial charge in [0.15, 0.2) is 0 Å². The summed E-state index contributed by atoms with van der Waals surface area (Å²) in [5.41, 5.74) is 7.31. The summed E-state index contributed by atoms with van der Waals surface area (Å²) >= 11 is 7.66. The van der Waals surface area contributed by atoms with Gasteiger partial charge in [-0.25, -0.2) is 9.97 Å². The average Bonchev–Trinajstić information content (AvgIpc) is 3.30. The number of aliphatic carboxylic acids is 1. The Kier molecular flexibility index (Phi) is 4.76. The van der Waals surface area contributed by atoms with E-state index in [4.69, 9.17) is 16.6 Å². The number of carboxylic acids is 1. The number of hydrogen-bond donors (Lipinski definition) is 2. The zero-order valence-electron chi connectivity index (χ0n) is 16.9. The number of halogens is 1. The Labute approximate surface area is 187 Å².